The Morgan fingerprint density at radius 1 is 0.800 bits per heavy atom. The van der Waals surface area contributed by atoms with Crippen LogP contribution in [-0.4, -0.2) is 10.2 Å². The fourth-order valence-corrected chi connectivity index (χ4v) is 1.38. The summed E-state index contributed by atoms with van der Waals surface area (Å²) < 4.78 is 0. The monoisotopic (exact) mass is 210 g/mol. The first kappa shape index (κ1) is 12.1. The number of benzene rings is 2. The summed E-state index contributed by atoms with van der Waals surface area (Å²) in [5.41, 5.74) is 1.53. The van der Waals surface area contributed by atoms with Crippen molar-refractivity contribution < 1.29 is 41.2 Å². The van der Waals surface area contributed by atoms with Gasteiger partial charge in [0.25, 0.3) is 0 Å². The summed E-state index contributed by atoms with van der Waals surface area (Å²) in [6.07, 6.45) is 0. The summed E-state index contributed by atoms with van der Waals surface area (Å²) in [6.45, 7) is 0. The molecule has 0 aliphatic carbocycles. The topological polar surface area (TPSA) is 40.5 Å². The van der Waals surface area contributed by atoms with Crippen LogP contribution in [-0.2, 0) is 0 Å². The van der Waals surface area contributed by atoms with Crippen molar-refractivity contribution in [3.8, 4) is 22.6 Å². The predicted octanol–water partition coefficient (Wildman–Crippen LogP) is -0.119. The Morgan fingerprint density at radius 2 is 1.47 bits per heavy atom. The van der Waals surface area contributed by atoms with Crippen LogP contribution in [0.15, 0.2) is 48.5 Å². The van der Waals surface area contributed by atoms with E-state index in [0.29, 0.717) is 5.56 Å². The van der Waals surface area contributed by atoms with Crippen LogP contribution in [0.3, 0.4) is 0 Å². The van der Waals surface area contributed by atoms with Crippen molar-refractivity contribution in [3.05, 3.63) is 48.5 Å². The Bertz CT molecular complexity index is 446. The molecule has 2 N–H and O–H groups in total. The molecule has 3 heteroatoms. The van der Waals surface area contributed by atoms with Gasteiger partial charge >= 0.3 is 29.6 Å². The molecule has 2 aromatic carbocycles. The summed E-state index contributed by atoms with van der Waals surface area (Å²) >= 11 is 0. The Labute approximate surface area is 112 Å². The van der Waals surface area contributed by atoms with Crippen molar-refractivity contribution in [2.45, 2.75) is 0 Å². The molecule has 0 heterocycles. The molecular weight excluding hydrogens is 199 g/mol. The van der Waals surface area contributed by atoms with Gasteiger partial charge in [0.1, 0.15) is 0 Å². The molecule has 0 spiro atoms. The first-order chi connectivity index (χ1) is 6.79. The van der Waals surface area contributed by atoms with E-state index in [4.69, 9.17) is 0 Å². The van der Waals surface area contributed by atoms with Crippen LogP contribution < -0.4 is 29.6 Å². The summed E-state index contributed by atoms with van der Waals surface area (Å²) in [6, 6.07) is 14.4. The molecule has 0 bridgehead atoms. The number of aromatic hydroxyl groups is 2. The van der Waals surface area contributed by atoms with Crippen LogP contribution >= 0.6 is 0 Å². The molecule has 2 aromatic rings. The third-order valence-corrected chi connectivity index (χ3v) is 2.10. The first-order valence-corrected chi connectivity index (χ1v) is 4.35. The predicted molar refractivity (Wildman–Crippen MR) is 56.3 cm³/mol. The molecule has 2 rings (SSSR count). The minimum atomic E-state index is -0.0913. The van der Waals surface area contributed by atoms with Gasteiger partial charge in [0.05, 0.1) is 0 Å². The van der Waals surface area contributed by atoms with E-state index in [9.17, 15) is 10.2 Å². The van der Waals surface area contributed by atoms with Crippen molar-refractivity contribution in [1.82, 2.24) is 0 Å². The zero-order valence-electron chi connectivity index (χ0n) is 9.51. The molecule has 0 amide bonds. The molecule has 0 fully saturated rings. The molecule has 0 aliphatic heterocycles. The summed E-state index contributed by atoms with van der Waals surface area (Å²) in [7, 11) is 0. The maximum absolute atomic E-state index is 9.60. The Kier molecular flexibility index (Phi) is 4.21. The van der Waals surface area contributed by atoms with Gasteiger partial charge in [-0.15, -0.1) is 0 Å². The van der Waals surface area contributed by atoms with Gasteiger partial charge in [-0.2, -0.15) is 0 Å². The van der Waals surface area contributed by atoms with Crippen LogP contribution in [0.25, 0.3) is 11.1 Å². The maximum Gasteiger partial charge on any atom is 1.00 e. The van der Waals surface area contributed by atoms with Crippen molar-refractivity contribution >= 4 is 0 Å². The third kappa shape index (κ3) is 2.53. The second kappa shape index (κ2) is 5.21. The zero-order valence-corrected chi connectivity index (χ0v) is 10.5. The van der Waals surface area contributed by atoms with Crippen molar-refractivity contribution in [3.63, 3.8) is 0 Å². The van der Waals surface area contributed by atoms with Gasteiger partial charge in [-0.05, 0) is 11.6 Å². The molecule has 72 valence electrons. The Balaban J connectivity index is 0.00000112. The van der Waals surface area contributed by atoms with Crippen molar-refractivity contribution in [2.75, 3.05) is 0 Å². The van der Waals surface area contributed by atoms with Gasteiger partial charge in [-0.3, -0.25) is 0 Å². The number of rotatable bonds is 1. The van der Waals surface area contributed by atoms with E-state index < -0.39 is 0 Å². The van der Waals surface area contributed by atoms with Crippen molar-refractivity contribution in [2.24, 2.45) is 0 Å². The average molecular weight is 210 g/mol. The molecule has 0 aromatic heterocycles. The van der Waals surface area contributed by atoms with Gasteiger partial charge < -0.3 is 11.6 Å². The molecule has 2 nitrogen and oxygen atoms in total. The standard InChI is InChI=1S/C12H10O2.Na.H/c13-11-8-4-7-10(12(11)14)9-5-2-1-3-6-9;;/h1-8,13-14H;;/q;+1;-1. The molecule has 0 atom stereocenters. The smallest absolute Gasteiger partial charge is 1.00 e. The van der Waals surface area contributed by atoms with Gasteiger partial charge in [0, 0.05) is 5.56 Å². The van der Waals surface area contributed by atoms with Crippen LogP contribution in [0.5, 0.6) is 11.5 Å². The number of hydrogen-bond acceptors (Lipinski definition) is 2. The van der Waals surface area contributed by atoms with E-state index in [2.05, 4.69) is 0 Å². The van der Waals surface area contributed by atoms with Gasteiger partial charge in [0.15, 0.2) is 11.5 Å². The normalized spacial score (nSPS) is 9.33. The summed E-state index contributed by atoms with van der Waals surface area (Å²) in [5, 5.41) is 18.9. The van der Waals surface area contributed by atoms with Crippen LogP contribution in [0, 0.1) is 0 Å². The van der Waals surface area contributed by atoms with Crippen LogP contribution in [0.4, 0.5) is 0 Å². The number of phenols is 2. The molecule has 0 saturated heterocycles. The fourth-order valence-electron chi connectivity index (χ4n) is 1.38. The zero-order chi connectivity index (χ0) is 9.97. The van der Waals surface area contributed by atoms with E-state index in [-0.39, 0.29) is 42.5 Å². The van der Waals surface area contributed by atoms with Gasteiger partial charge in [-0.1, -0.05) is 42.5 Å². The fraction of sp³-hybridized carbons (Fsp3) is 0. The third-order valence-electron chi connectivity index (χ3n) is 2.10. The van der Waals surface area contributed by atoms with Crippen LogP contribution in [0.1, 0.15) is 1.43 Å². The van der Waals surface area contributed by atoms with E-state index in [1.54, 1.807) is 12.1 Å². The number of phenolic OH excluding ortho intramolecular Hbond substituents is 2. The van der Waals surface area contributed by atoms with E-state index in [1.807, 2.05) is 30.3 Å². The Morgan fingerprint density at radius 3 is 2.13 bits per heavy atom. The van der Waals surface area contributed by atoms with E-state index in [0.717, 1.165) is 5.56 Å². The Hall–Kier alpha value is -0.960. The van der Waals surface area contributed by atoms with Gasteiger partial charge in [0.2, 0.25) is 0 Å². The minimum Gasteiger partial charge on any atom is -1.00 e. The van der Waals surface area contributed by atoms with E-state index in [1.165, 1.54) is 6.07 Å². The molecule has 0 aliphatic rings. The number of hydrogen-bond donors (Lipinski definition) is 2. The van der Waals surface area contributed by atoms with E-state index >= 15 is 0 Å². The average Bonchev–Trinajstić information content (AvgIpc) is 2.23. The first-order valence-electron chi connectivity index (χ1n) is 4.35. The van der Waals surface area contributed by atoms with Gasteiger partial charge in [-0.25, -0.2) is 0 Å². The summed E-state index contributed by atoms with van der Waals surface area (Å²) in [4.78, 5) is 0. The maximum atomic E-state index is 9.60. The molecule has 0 unspecified atom stereocenters. The van der Waals surface area contributed by atoms with Crippen LogP contribution in [0.2, 0.25) is 0 Å². The second-order valence-corrected chi connectivity index (χ2v) is 3.04. The second-order valence-electron chi connectivity index (χ2n) is 3.04. The SMILES string of the molecule is Oc1cccc(-c2ccccc2)c1O.[H-].[Na+]. The minimum absolute atomic E-state index is 0. The largest absolute Gasteiger partial charge is 1.00 e. The number of para-hydroxylation sites is 1. The van der Waals surface area contributed by atoms with Crippen molar-refractivity contribution in [1.29, 1.82) is 0 Å². The quantitative estimate of drug-likeness (QED) is 0.509. The molecule has 15 heavy (non-hydrogen) atoms. The molecular formula is C12H11NaO2. The summed E-state index contributed by atoms with van der Waals surface area (Å²) in [5.74, 6) is -0.162. The molecule has 0 saturated carbocycles. The molecule has 0 radical (unpaired) electrons.